The van der Waals surface area contributed by atoms with E-state index in [9.17, 15) is 18.0 Å². The SMILES string of the molecule is CCOC(=O)c1csc(NC(=O)C2CCN(S(=O)(=O)CC)CC2)n1. The van der Waals surface area contributed by atoms with E-state index >= 15 is 0 Å². The number of sulfonamides is 1. The Balaban J connectivity index is 1.89. The first-order valence-electron chi connectivity index (χ1n) is 7.78. The van der Waals surface area contributed by atoms with Crippen molar-refractivity contribution in [1.29, 1.82) is 0 Å². The van der Waals surface area contributed by atoms with Gasteiger partial charge >= 0.3 is 5.97 Å². The number of hydrogen-bond acceptors (Lipinski definition) is 7. The highest BCUT2D eigenvalue weighted by Gasteiger charge is 2.30. The third-order valence-corrected chi connectivity index (χ3v) is 6.44. The third kappa shape index (κ3) is 4.52. The molecule has 10 heteroatoms. The molecule has 8 nitrogen and oxygen atoms in total. The van der Waals surface area contributed by atoms with Gasteiger partial charge in [-0.1, -0.05) is 0 Å². The van der Waals surface area contributed by atoms with Gasteiger partial charge in [0.25, 0.3) is 0 Å². The van der Waals surface area contributed by atoms with Crippen LogP contribution in [0.15, 0.2) is 5.38 Å². The van der Waals surface area contributed by atoms with Crippen LogP contribution in [0.1, 0.15) is 37.2 Å². The number of carbonyl (C=O) groups excluding carboxylic acids is 2. The first kappa shape index (κ1) is 18.8. The van der Waals surface area contributed by atoms with E-state index in [2.05, 4.69) is 10.3 Å². The minimum Gasteiger partial charge on any atom is -0.461 e. The van der Waals surface area contributed by atoms with Crippen LogP contribution in [0.2, 0.25) is 0 Å². The van der Waals surface area contributed by atoms with Crippen LogP contribution in [0, 0.1) is 5.92 Å². The van der Waals surface area contributed by atoms with Crippen LogP contribution in [0.4, 0.5) is 5.13 Å². The summed E-state index contributed by atoms with van der Waals surface area (Å²) in [6, 6.07) is 0. The van der Waals surface area contributed by atoms with Gasteiger partial charge in [-0.2, -0.15) is 0 Å². The number of aromatic nitrogens is 1. The summed E-state index contributed by atoms with van der Waals surface area (Å²) in [6.45, 7) is 4.27. The van der Waals surface area contributed by atoms with Crippen molar-refractivity contribution in [1.82, 2.24) is 9.29 Å². The van der Waals surface area contributed by atoms with Crippen LogP contribution >= 0.6 is 11.3 Å². The number of rotatable bonds is 6. The molecule has 0 unspecified atom stereocenters. The number of amides is 1. The standard InChI is InChI=1S/C14H21N3O5S2/c1-3-22-13(19)11-9-23-14(15-11)16-12(18)10-5-7-17(8-6-10)24(20,21)4-2/h9-10H,3-8H2,1-2H3,(H,15,16,18). The van der Waals surface area contributed by atoms with Gasteiger partial charge < -0.3 is 10.1 Å². The molecule has 0 spiro atoms. The maximum atomic E-state index is 12.3. The second kappa shape index (κ2) is 8.04. The number of nitrogens with zero attached hydrogens (tertiary/aromatic N) is 2. The first-order valence-corrected chi connectivity index (χ1v) is 10.3. The number of ether oxygens (including phenoxy) is 1. The Hall–Kier alpha value is -1.52. The number of thiazole rings is 1. The van der Waals surface area contributed by atoms with Crippen molar-refractivity contribution >= 4 is 38.4 Å². The maximum absolute atomic E-state index is 12.3. The van der Waals surface area contributed by atoms with Gasteiger partial charge in [0.2, 0.25) is 15.9 Å². The average molecular weight is 375 g/mol. The van der Waals surface area contributed by atoms with Crippen molar-refractivity contribution in [3.63, 3.8) is 0 Å². The highest BCUT2D eigenvalue weighted by molar-refractivity contribution is 7.89. The summed E-state index contributed by atoms with van der Waals surface area (Å²) in [5.74, 6) is -0.913. The van der Waals surface area contributed by atoms with Gasteiger partial charge in [-0.05, 0) is 26.7 Å². The molecule has 1 amide bonds. The quantitative estimate of drug-likeness (QED) is 0.752. The van der Waals surface area contributed by atoms with Gasteiger partial charge in [0.1, 0.15) is 0 Å². The zero-order valence-corrected chi connectivity index (χ0v) is 15.3. The largest absolute Gasteiger partial charge is 0.461 e. The Morgan fingerprint density at radius 1 is 1.38 bits per heavy atom. The average Bonchev–Trinajstić information content (AvgIpc) is 3.04. The van der Waals surface area contributed by atoms with E-state index in [1.54, 1.807) is 13.8 Å². The van der Waals surface area contributed by atoms with Crippen molar-refractivity contribution in [3.05, 3.63) is 11.1 Å². The lowest BCUT2D eigenvalue weighted by molar-refractivity contribution is -0.120. The molecule has 2 rings (SSSR count). The fraction of sp³-hybridized carbons (Fsp3) is 0.643. The van der Waals surface area contributed by atoms with Crippen LogP contribution in [-0.2, 0) is 19.6 Å². The molecule has 1 aliphatic heterocycles. The molecule has 134 valence electrons. The van der Waals surface area contributed by atoms with Crippen LogP contribution in [0.5, 0.6) is 0 Å². The summed E-state index contributed by atoms with van der Waals surface area (Å²) >= 11 is 1.15. The topological polar surface area (TPSA) is 106 Å². The van der Waals surface area contributed by atoms with Crippen molar-refractivity contribution in [2.75, 3.05) is 30.8 Å². The van der Waals surface area contributed by atoms with Gasteiger partial charge in [0.05, 0.1) is 12.4 Å². The predicted molar refractivity (Wildman–Crippen MR) is 90.5 cm³/mol. The highest BCUT2D eigenvalue weighted by Crippen LogP contribution is 2.23. The number of anilines is 1. The molecule has 1 aromatic heterocycles. The second-order valence-corrected chi connectivity index (χ2v) is 8.44. The minimum atomic E-state index is -3.20. The summed E-state index contributed by atoms with van der Waals surface area (Å²) in [5.41, 5.74) is 0.168. The lowest BCUT2D eigenvalue weighted by Crippen LogP contribution is -2.42. The second-order valence-electron chi connectivity index (χ2n) is 5.32. The van der Waals surface area contributed by atoms with E-state index in [1.807, 2.05) is 0 Å². The monoisotopic (exact) mass is 375 g/mol. The Bertz CT molecular complexity index is 693. The lowest BCUT2D eigenvalue weighted by Gasteiger charge is -2.30. The molecule has 0 atom stereocenters. The summed E-state index contributed by atoms with van der Waals surface area (Å²) in [4.78, 5) is 27.9. The number of piperidine rings is 1. The van der Waals surface area contributed by atoms with E-state index in [-0.39, 0.29) is 29.9 Å². The lowest BCUT2D eigenvalue weighted by atomic mass is 9.97. The van der Waals surface area contributed by atoms with Crippen LogP contribution < -0.4 is 5.32 Å². The Labute approximate surface area is 145 Å². The predicted octanol–water partition coefficient (Wildman–Crippen LogP) is 1.32. The minimum absolute atomic E-state index is 0.0691. The summed E-state index contributed by atoms with van der Waals surface area (Å²) < 4.78 is 29.9. The van der Waals surface area contributed by atoms with E-state index in [0.29, 0.717) is 31.1 Å². The van der Waals surface area contributed by atoms with Gasteiger partial charge in [-0.3, -0.25) is 4.79 Å². The molecule has 0 saturated carbocycles. The molecule has 24 heavy (non-hydrogen) atoms. The molecule has 1 fully saturated rings. The molecular weight excluding hydrogens is 354 g/mol. The number of hydrogen-bond donors (Lipinski definition) is 1. The zero-order chi connectivity index (χ0) is 17.7. The van der Waals surface area contributed by atoms with Gasteiger partial charge in [0.15, 0.2) is 10.8 Å². The van der Waals surface area contributed by atoms with E-state index in [4.69, 9.17) is 4.74 Å². The molecule has 0 bridgehead atoms. The van der Waals surface area contributed by atoms with Crippen molar-refractivity contribution in [3.8, 4) is 0 Å². The molecule has 0 aliphatic carbocycles. The molecule has 1 saturated heterocycles. The van der Waals surface area contributed by atoms with Gasteiger partial charge in [-0.25, -0.2) is 22.5 Å². The fourth-order valence-electron chi connectivity index (χ4n) is 2.42. The van der Waals surface area contributed by atoms with Crippen LogP contribution in [0.25, 0.3) is 0 Å². The van der Waals surface area contributed by atoms with E-state index in [0.717, 1.165) is 11.3 Å². The molecule has 0 radical (unpaired) electrons. The number of esters is 1. The van der Waals surface area contributed by atoms with Gasteiger partial charge in [0, 0.05) is 24.4 Å². The smallest absolute Gasteiger partial charge is 0.357 e. The van der Waals surface area contributed by atoms with Crippen LogP contribution in [0.3, 0.4) is 0 Å². The summed E-state index contributed by atoms with van der Waals surface area (Å²) in [5, 5.41) is 4.56. The fourth-order valence-corrected chi connectivity index (χ4v) is 4.23. The number of carbonyl (C=O) groups is 2. The van der Waals surface area contributed by atoms with Crippen LogP contribution in [-0.4, -0.2) is 55.0 Å². The molecule has 0 aromatic carbocycles. The molecular formula is C14H21N3O5S2. The van der Waals surface area contributed by atoms with Crippen molar-refractivity contribution in [2.45, 2.75) is 26.7 Å². The highest BCUT2D eigenvalue weighted by atomic mass is 32.2. The van der Waals surface area contributed by atoms with Crippen molar-refractivity contribution < 1.29 is 22.7 Å². The molecule has 2 heterocycles. The Kier molecular flexibility index (Phi) is 6.30. The van der Waals surface area contributed by atoms with E-state index in [1.165, 1.54) is 9.69 Å². The normalized spacial score (nSPS) is 16.8. The number of nitrogens with one attached hydrogen (secondary N) is 1. The third-order valence-electron chi connectivity index (χ3n) is 3.80. The Morgan fingerprint density at radius 3 is 2.62 bits per heavy atom. The molecule has 1 aliphatic rings. The summed E-state index contributed by atoms with van der Waals surface area (Å²) in [6.07, 6.45) is 0.947. The first-order chi connectivity index (χ1) is 11.4. The Morgan fingerprint density at radius 2 is 2.04 bits per heavy atom. The van der Waals surface area contributed by atoms with E-state index < -0.39 is 16.0 Å². The molecule has 1 aromatic rings. The van der Waals surface area contributed by atoms with Gasteiger partial charge in [-0.15, -0.1) is 11.3 Å². The van der Waals surface area contributed by atoms with Crippen molar-refractivity contribution in [2.24, 2.45) is 5.92 Å². The molecule has 1 N–H and O–H groups in total. The maximum Gasteiger partial charge on any atom is 0.357 e. The summed E-state index contributed by atoms with van der Waals surface area (Å²) in [7, 11) is -3.20. The zero-order valence-electron chi connectivity index (χ0n) is 13.6.